The zero-order chi connectivity index (χ0) is 14.4. The number of hydrogen-bond acceptors (Lipinski definition) is 4. The molecule has 0 saturated heterocycles. The van der Waals surface area contributed by atoms with E-state index in [2.05, 4.69) is 34.4 Å². The summed E-state index contributed by atoms with van der Waals surface area (Å²) in [5, 5.41) is 6.56. The van der Waals surface area contributed by atoms with Gasteiger partial charge in [0.15, 0.2) is 0 Å². The first kappa shape index (κ1) is 15.1. The van der Waals surface area contributed by atoms with Crippen LogP contribution in [0.15, 0.2) is 6.07 Å². The minimum absolute atomic E-state index is 0.866. The van der Waals surface area contributed by atoms with Crippen LogP contribution in [0.4, 0.5) is 11.6 Å². The van der Waals surface area contributed by atoms with Crippen molar-refractivity contribution in [2.24, 2.45) is 11.8 Å². The summed E-state index contributed by atoms with van der Waals surface area (Å²) in [6, 6.07) is 1.99. The average Bonchev–Trinajstić information content (AvgIpc) is 2.49. The number of aromatic nitrogens is 2. The molecule has 1 heterocycles. The Balaban J connectivity index is 1.81. The molecule has 0 atom stereocenters. The standard InChI is InChI=1S/C16H28N4/c1-4-14-19-15(17-3)11-16(20-14)18-10-9-13-7-5-12(2)6-8-13/h11-13H,4-10H2,1-3H3,(H2,17,18,19,20). The molecule has 1 aromatic rings. The Kier molecular flexibility index (Phi) is 5.62. The summed E-state index contributed by atoms with van der Waals surface area (Å²) < 4.78 is 0. The summed E-state index contributed by atoms with van der Waals surface area (Å²) in [5.41, 5.74) is 0. The van der Waals surface area contributed by atoms with Crippen molar-refractivity contribution < 1.29 is 0 Å². The summed E-state index contributed by atoms with van der Waals surface area (Å²) in [7, 11) is 1.90. The highest BCUT2D eigenvalue weighted by molar-refractivity contribution is 5.47. The summed E-state index contributed by atoms with van der Waals surface area (Å²) in [6.45, 7) is 5.48. The van der Waals surface area contributed by atoms with Crippen LogP contribution in [0.2, 0.25) is 0 Å². The molecule has 4 heteroatoms. The van der Waals surface area contributed by atoms with Gasteiger partial charge in [0.05, 0.1) is 0 Å². The Hall–Kier alpha value is -1.32. The fourth-order valence-corrected chi connectivity index (χ4v) is 2.90. The third kappa shape index (κ3) is 4.36. The maximum absolute atomic E-state index is 4.53. The van der Waals surface area contributed by atoms with Gasteiger partial charge >= 0.3 is 0 Å². The topological polar surface area (TPSA) is 49.8 Å². The lowest BCUT2D eigenvalue weighted by Gasteiger charge is -2.26. The molecular weight excluding hydrogens is 248 g/mol. The van der Waals surface area contributed by atoms with Gasteiger partial charge in [0.2, 0.25) is 0 Å². The van der Waals surface area contributed by atoms with Crippen molar-refractivity contribution in [3.05, 3.63) is 11.9 Å². The highest BCUT2D eigenvalue weighted by Gasteiger charge is 2.17. The van der Waals surface area contributed by atoms with Crippen molar-refractivity contribution in [2.45, 2.75) is 52.4 Å². The highest BCUT2D eigenvalue weighted by Crippen LogP contribution is 2.30. The van der Waals surface area contributed by atoms with E-state index in [1.54, 1.807) is 0 Å². The van der Waals surface area contributed by atoms with E-state index >= 15 is 0 Å². The maximum atomic E-state index is 4.53. The Labute approximate surface area is 122 Å². The maximum Gasteiger partial charge on any atom is 0.132 e. The molecule has 0 aromatic carbocycles. The SMILES string of the molecule is CCc1nc(NC)cc(NCCC2CCC(C)CC2)n1. The molecule has 1 saturated carbocycles. The second-order valence-corrected chi connectivity index (χ2v) is 6.00. The van der Waals surface area contributed by atoms with Crippen LogP contribution in [0.3, 0.4) is 0 Å². The van der Waals surface area contributed by atoms with Gasteiger partial charge < -0.3 is 10.6 Å². The fourth-order valence-electron chi connectivity index (χ4n) is 2.90. The molecule has 0 bridgehead atoms. The molecule has 1 aromatic heterocycles. The summed E-state index contributed by atoms with van der Waals surface area (Å²) in [5.74, 6) is 4.57. The van der Waals surface area contributed by atoms with Crippen LogP contribution in [0.1, 0.15) is 51.8 Å². The third-order valence-corrected chi connectivity index (χ3v) is 4.34. The Bertz CT molecular complexity index is 389. The number of rotatable bonds is 6. The molecule has 0 radical (unpaired) electrons. The van der Waals surface area contributed by atoms with Crippen molar-refractivity contribution in [1.82, 2.24) is 9.97 Å². The molecule has 1 fully saturated rings. The van der Waals surface area contributed by atoms with Gasteiger partial charge in [0.1, 0.15) is 17.5 Å². The first-order valence-corrected chi connectivity index (χ1v) is 8.00. The van der Waals surface area contributed by atoms with Crippen LogP contribution in [-0.2, 0) is 6.42 Å². The van der Waals surface area contributed by atoms with Gasteiger partial charge in [-0.05, 0) is 18.3 Å². The smallest absolute Gasteiger partial charge is 0.132 e. The summed E-state index contributed by atoms with van der Waals surface area (Å²) in [4.78, 5) is 8.95. The molecule has 2 N–H and O–H groups in total. The third-order valence-electron chi connectivity index (χ3n) is 4.34. The molecule has 0 spiro atoms. The van der Waals surface area contributed by atoms with Gasteiger partial charge in [0.25, 0.3) is 0 Å². The molecule has 112 valence electrons. The van der Waals surface area contributed by atoms with Crippen LogP contribution in [-0.4, -0.2) is 23.6 Å². The van der Waals surface area contributed by atoms with Gasteiger partial charge in [-0.3, -0.25) is 0 Å². The van der Waals surface area contributed by atoms with E-state index in [4.69, 9.17) is 0 Å². The Morgan fingerprint density at radius 2 is 1.85 bits per heavy atom. The lowest BCUT2D eigenvalue weighted by molar-refractivity contribution is 0.282. The molecule has 0 aliphatic heterocycles. The van der Waals surface area contributed by atoms with Crippen molar-refractivity contribution >= 4 is 11.6 Å². The van der Waals surface area contributed by atoms with Gasteiger partial charge in [-0.15, -0.1) is 0 Å². The molecule has 2 rings (SSSR count). The number of anilines is 2. The molecule has 1 aliphatic rings. The van der Waals surface area contributed by atoms with E-state index in [1.807, 2.05) is 13.1 Å². The molecule has 4 nitrogen and oxygen atoms in total. The lowest BCUT2D eigenvalue weighted by Crippen LogP contribution is -2.16. The van der Waals surface area contributed by atoms with Crippen LogP contribution in [0.25, 0.3) is 0 Å². The predicted octanol–water partition coefficient (Wildman–Crippen LogP) is 3.71. The molecule has 20 heavy (non-hydrogen) atoms. The van der Waals surface area contributed by atoms with Crippen LogP contribution in [0.5, 0.6) is 0 Å². The number of hydrogen-bond donors (Lipinski definition) is 2. The Morgan fingerprint density at radius 1 is 1.15 bits per heavy atom. The fraction of sp³-hybridized carbons (Fsp3) is 0.750. The van der Waals surface area contributed by atoms with E-state index in [1.165, 1.54) is 32.1 Å². The Morgan fingerprint density at radius 3 is 2.50 bits per heavy atom. The molecule has 1 aliphatic carbocycles. The van der Waals surface area contributed by atoms with E-state index in [9.17, 15) is 0 Å². The zero-order valence-corrected chi connectivity index (χ0v) is 13.1. The second-order valence-electron chi connectivity index (χ2n) is 6.00. The van der Waals surface area contributed by atoms with Crippen LogP contribution >= 0.6 is 0 Å². The predicted molar refractivity (Wildman–Crippen MR) is 85.2 cm³/mol. The van der Waals surface area contributed by atoms with Gasteiger partial charge in [0, 0.05) is 26.1 Å². The number of aryl methyl sites for hydroxylation is 1. The number of nitrogens with one attached hydrogen (secondary N) is 2. The van der Waals surface area contributed by atoms with Crippen LogP contribution < -0.4 is 10.6 Å². The van der Waals surface area contributed by atoms with E-state index < -0.39 is 0 Å². The van der Waals surface area contributed by atoms with Gasteiger partial charge in [-0.2, -0.15) is 0 Å². The largest absolute Gasteiger partial charge is 0.373 e. The summed E-state index contributed by atoms with van der Waals surface area (Å²) >= 11 is 0. The normalized spacial score (nSPS) is 22.6. The van der Waals surface area contributed by atoms with E-state index in [0.29, 0.717) is 0 Å². The van der Waals surface area contributed by atoms with Crippen molar-refractivity contribution in [3.63, 3.8) is 0 Å². The van der Waals surface area contributed by atoms with Gasteiger partial charge in [-0.25, -0.2) is 9.97 Å². The first-order chi connectivity index (χ1) is 9.71. The minimum atomic E-state index is 0.866. The van der Waals surface area contributed by atoms with E-state index in [-0.39, 0.29) is 0 Å². The molecule has 0 amide bonds. The quantitative estimate of drug-likeness (QED) is 0.831. The van der Waals surface area contributed by atoms with Gasteiger partial charge in [-0.1, -0.05) is 39.5 Å². The zero-order valence-electron chi connectivity index (χ0n) is 13.1. The second kappa shape index (κ2) is 7.46. The molecular formula is C16H28N4. The van der Waals surface area contributed by atoms with Crippen molar-refractivity contribution in [3.8, 4) is 0 Å². The summed E-state index contributed by atoms with van der Waals surface area (Å²) in [6.07, 6.45) is 7.73. The highest BCUT2D eigenvalue weighted by atomic mass is 15.1. The number of nitrogens with zero attached hydrogens (tertiary/aromatic N) is 2. The van der Waals surface area contributed by atoms with Crippen molar-refractivity contribution in [2.75, 3.05) is 24.2 Å². The lowest BCUT2D eigenvalue weighted by atomic mass is 9.81. The average molecular weight is 276 g/mol. The first-order valence-electron chi connectivity index (χ1n) is 8.00. The molecule has 0 unspecified atom stereocenters. The minimum Gasteiger partial charge on any atom is -0.373 e. The van der Waals surface area contributed by atoms with E-state index in [0.717, 1.165) is 42.3 Å². The van der Waals surface area contributed by atoms with Crippen molar-refractivity contribution in [1.29, 1.82) is 0 Å². The monoisotopic (exact) mass is 276 g/mol. The van der Waals surface area contributed by atoms with Crippen LogP contribution in [0, 0.1) is 11.8 Å².